The number of rotatable bonds is 4. The van der Waals surface area contributed by atoms with Crippen molar-refractivity contribution in [1.82, 2.24) is 25.2 Å². The molecule has 2 N–H and O–H groups in total. The molecule has 0 atom stereocenters. The largest absolute Gasteiger partial charge is 0.338 e. The zero-order valence-electron chi connectivity index (χ0n) is 12.3. The molecule has 1 fully saturated rings. The van der Waals surface area contributed by atoms with Gasteiger partial charge in [0.2, 0.25) is 4.96 Å². The fraction of sp³-hybridized carbons (Fsp3) is 0.643. The van der Waals surface area contributed by atoms with Crippen molar-refractivity contribution in [1.29, 1.82) is 0 Å². The first kappa shape index (κ1) is 14.3. The molecule has 2 aromatic heterocycles. The molecule has 2 aromatic rings. The Bertz CT molecular complexity index is 582. The van der Waals surface area contributed by atoms with Crippen LogP contribution < -0.4 is 10.6 Å². The van der Waals surface area contributed by atoms with E-state index in [9.17, 15) is 4.79 Å². The minimum Gasteiger partial charge on any atom is -0.338 e. The number of amides is 2. The summed E-state index contributed by atoms with van der Waals surface area (Å²) in [7, 11) is 0. The minimum atomic E-state index is -0.0584. The molecule has 0 saturated heterocycles. The standard InChI is InChI=1S/C14H21N5OS/c1-10-18-19-9-12(17-14(19)21-10)7-8-15-13(20)16-11-5-3-2-4-6-11/h9,11H,2-8H2,1H3,(H2,15,16,20). The molecule has 0 aliphatic heterocycles. The van der Waals surface area contributed by atoms with Gasteiger partial charge in [-0.1, -0.05) is 30.6 Å². The van der Waals surface area contributed by atoms with E-state index in [1.165, 1.54) is 19.3 Å². The van der Waals surface area contributed by atoms with Crippen molar-refractivity contribution in [3.8, 4) is 0 Å². The maximum atomic E-state index is 11.8. The van der Waals surface area contributed by atoms with E-state index in [-0.39, 0.29) is 6.03 Å². The summed E-state index contributed by atoms with van der Waals surface area (Å²) in [5, 5.41) is 11.3. The molecule has 114 valence electrons. The van der Waals surface area contributed by atoms with Crippen molar-refractivity contribution in [3.05, 3.63) is 16.9 Å². The molecule has 0 spiro atoms. The third-order valence-electron chi connectivity index (χ3n) is 3.80. The molecule has 2 amide bonds. The van der Waals surface area contributed by atoms with E-state index in [2.05, 4.69) is 20.7 Å². The van der Waals surface area contributed by atoms with Gasteiger partial charge in [-0.15, -0.1) is 0 Å². The van der Waals surface area contributed by atoms with Crippen LogP contribution in [0.1, 0.15) is 42.8 Å². The van der Waals surface area contributed by atoms with Crippen LogP contribution in [0.5, 0.6) is 0 Å². The fourth-order valence-electron chi connectivity index (χ4n) is 2.75. The molecule has 2 heterocycles. The van der Waals surface area contributed by atoms with E-state index in [1.807, 2.05) is 13.1 Å². The van der Waals surface area contributed by atoms with Crippen LogP contribution >= 0.6 is 11.3 Å². The molecule has 6 nitrogen and oxygen atoms in total. The van der Waals surface area contributed by atoms with E-state index in [4.69, 9.17) is 0 Å². The molecule has 3 rings (SSSR count). The first-order chi connectivity index (χ1) is 10.2. The molecule has 0 bridgehead atoms. The van der Waals surface area contributed by atoms with Crippen LogP contribution in [0.25, 0.3) is 4.96 Å². The zero-order chi connectivity index (χ0) is 14.7. The summed E-state index contributed by atoms with van der Waals surface area (Å²) in [6.45, 7) is 2.57. The number of urea groups is 1. The van der Waals surface area contributed by atoms with Gasteiger partial charge in [-0.25, -0.2) is 14.3 Å². The lowest BCUT2D eigenvalue weighted by Gasteiger charge is -2.22. The summed E-state index contributed by atoms with van der Waals surface area (Å²) in [5.74, 6) is 0. The normalized spacial score (nSPS) is 16.2. The Morgan fingerprint density at radius 3 is 3.00 bits per heavy atom. The lowest BCUT2D eigenvalue weighted by atomic mass is 9.96. The van der Waals surface area contributed by atoms with Gasteiger partial charge in [0.25, 0.3) is 0 Å². The highest BCUT2D eigenvalue weighted by Crippen LogP contribution is 2.17. The number of hydrogen-bond acceptors (Lipinski definition) is 4. The van der Waals surface area contributed by atoms with Crippen LogP contribution in [0.4, 0.5) is 4.79 Å². The Hall–Kier alpha value is -1.63. The lowest BCUT2D eigenvalue weighted by Crippen LogP contribution is -2.43. The van der Waals surface area contributed by atoms with Crippen LogP contribution in [0.3, 0.4) is 0 Å². The van der Waals surface area contributed by atoms with Gasteiger partial charge in [-0.3, -0.25) is 0 Å². The van der Waals surface area contributed by atoms with Crippen molar-refractivity contribution in [2.75, 3.05) is 6.54 Å². The molecule has 0 unspecified atom stereocenters. The average Bonchev–Trinajstić information content (AvgIpc) is 2.96. The van der Waals surface area contributed by atoms with Crippen molar-refractivity contribution in [2.24, 2.45) is 0 Å². The van der Waals surface area contributed by atoms with Gasteiger partial charge in [0, 0.05) is 19.0 Å². The molecular weight excluding hydrogens is 286 g/mol. The van der Waals surface area contributed by atoms with Crippen molar-refractivity contribution < 1.29 is 4.79 Å². The minimum absolute atomic E-state index is 0.0584. The Morgan fingerprint density at radius 2 is 2.24 bits per heavy atom. The van der Waals surface area contributed by atoms with Crippen molar-refractivity contribution in [3.63, 3.8) is 0 Å². The number of imidazole rings is 1. The summed E-state index contributed by atoms with van der Waals surface area (Å²) in [5.41, 5.74) is 0.965. The molecule has 1 saturated carbocycles. The monoisotopic (exact) mass is 307 g/mol. The number of carbonyl (C=O) groups is 1. The van der Waals surface area contributed by atoms with Crippen LogP contribution in [0, 0.1) is 6.92 Å². The van der Waals surface area contributed by atoms with Crippen LogP contribution in [0.15, 0.2) is 6.20 Å². The third-order valence-corrected chi connectivity index (χ3v) is 4.64. The number of fused-ring (bicyclic) bond motifs is 1. The fourth-order valence-corrected chi connectivity index (χ4v) is 3.50. The number of hydrogen-bond donors (Lipinski definition) is 2. The number of aromatic nitrogens is 3. The maximum absolute atomic E-state index is 11.8. The van der Waals surface area contributed by atoms with E-state index in [1.54, 1.807) is 15.9 Å². The molecule has 0 aromatic carbocycles. The summed E-state index contributed by atoms with van der Waals surface area (Å²) in [6, 6.07) is 0.292. The van der Waals surface area contributed by atoms with Gasteiger partial charge in [0.15, 0.2) is 0 Å². The summed E-state index contributed by atoms with van der Waals surface area (Å²) >= 11 is 1.58. The van der Waals surface area contributed by atoms with E-state index in [0.717, 1.165) is 34.9 Å². The molecular formula is C14H21N5OS. The van der Waals surface area contributed by atoms with E-state index >= 15 is 0 Å². The SMILES string of the molecule is Cc1nn2cc(CCNC(=O)NC3CCCCC3)nc2s1. The van der Waals surface area contributed by atoms with Gasteiger partial charge < -0.3 is 10.6 Å². The zero-order valence-corrected chi connectivity index (χ0v) is 13.1. The Labute approximate surface area is 128 Å². The maximum Gasteiger partial charge on any atom is 0.315 e. The lowest BCUT2D eigenvalue weighted by molar-refractivity contribution is 0.233. The first-order valence-corrected chi connectivity index (χ1v) is 8.38. The Kier molecular flexibility index (Phi) is 4.38. The highest BCUT2D eigenvalue weighted by molar-refractivity contribution is 7.16. The molecule has 1 aliphatic rings. The van der Waals surface area contributed by atoms with E-state index in [0.29, 0.717) is 12.6 Å². The summed E-state index contributed by atoms with van der Waals surface area (Å²) in [4.78, 5) is 17.2. The second-order valence-electron chi connectivity index (χ2n) is 5.57. The second kappa shape index (κ2) is 6.43. The molecule has 21 heavy (non-hydrogen) atoms. The second-order valence-corrected chi connectivity index (χ2v) is 6.73. The van der Waals surface area contributed by atoms with Crippen molar-refractivity contribution >= 4 is 22.3 Å². The predicted octanol–water partition coefficient (Wildman–Crippen LogP) is 2.27. The average molecular weight is 307 g/mol. The van der Waals surface area contributed by atoms with E-state index < -0.39 is 0 Å². The van der Waals surface area contributed by atoms with Gasteiger partial charge in [-0.05, 0) is 19.8 Å². The molecule has 0 radical (unpaired) electrons. The number of nitrogens with one attached hydrogen (secondary N) is 2. The van der Waals surface area contributed by atoms with Gasteiger partial charge in [0.1, 0.15) is 5.01 Å². The number of aryl methyl sites for hydroxylation is 1. The van der Waals surface area contributed by atoms with Gasteiger partial charge in [-0.2, -0.15) is 5.10 Å². The Morgan fingerprint density at radius 1 is 1.43 bits per heavy atom. The van der Waals surface area contributed by atoms with Crippen molar-refractivity contribution in [2.45, 2.75) is 51.5 Å². The van der Waals surface area contributed by atoms with Crippen LogP contribution in [-0.2, 0) is 6.42 Å². The first-order valence-electron chi connectivity index (χ1n) is 7.57. The molecule has 7 heteroatoms. The predicted molar refractivity (Wildman–Crippen MR) is 82.7 cm³/mol. The topological polar surface area (TPSA) is 71.3 Å². The third kappa shape index (κ3) is 3.72. The van der Waals surface area contributed by atoms with Crippen LogP contribution in [0.2, 0.25) is 0 Å². The Balaban J connectivity index is 1.42. The van der Waals surface area contributed by atoms with Gasteiger partial charge in [0.05, 0.1) is 11.9 Å². The number of nitrogens with zero attached hydrogens (tertiary/aromatic N) is 3. The van der Waals surface area contributed by atoms with Gasteiger partial charge >= 0.3 is 6.03 Å². The number of carbonyl (C=O) groups excluding carboxylic acids is 1. The van der Waals surface area contributed by atoms with Crippen LogP contribution in [-0.4, -0.2) is 33.2 Å². The smallest absolute Gasteiger partial charge is 0.315 e. The summed E-state index contributed by atoms with van der Waals surface area (Å²) in [6.07, 6.45) is 8.62. The summed E-state index contributed by atoms with van der Waals surface area (Å²) < 4.78 is 1.80. The highest BCUT2D eigenvalue weighted by atomic mass is 32.1. The molecule has 1 aliphatic carbocycles. The highest BCUT2D eigenvalue weighted by Gasteiger charge is 2.15. The quantitative estimate of drug-likeness (QED) is 0.910.